The lowest BCUT2D eigenvalue weighted by molar-refractivity contribution is 0.185. The van der Waals surface area contributed by atoms with Crippen molar-refractivity contribution in [2.45, 2.75) is 6.61 Å². The summed E-state index contributed by atoms with van der Waals surface area (Å²) < 4.78 is 5.08. The third-order valence-corrected chi connectivity index (χ3v) is 3.35. The number of pyridine rings is 1. The van der Waals surface area contributed by atoms with Crippen molar-refractivity contribution in [3.05, 3.63) is 51.1 Å². The van der Waals surface area contributed by atoms with Gasteiger partial charge in [-0.05, 0) is 23.8 Å². The largest absolute Gasteiger partial charge is 0.380 e. The van der Waals surface area contributed by atoms with Crippen molar-refractivity contribution in [2.75, 3.05) is 12.4 Å². The Morgan fingerprint density at radius 1 is 1.16 bits per heavy atom. The molecule has 0 unspecified atom stereocenters. The van der Waals surface area contributed by atoms with Crippen LogP contribution in [0.3, 0.4) is 0 Å². The lowest BCUT2D eigenvalue weighted by atomic mass is 10.2. The first-order valence-corrected chi connectivity index (χ1v) is 6.60. The highest BCUT2D eigenvalue weighted by Crippen LogP contribution is 2.30. The number of methoxy groups -OCH3 is 1. The lowest BCUT2D eigenvalue weighted by Gasteiger charge is -2.10. The number of rotatable bonds is 4. The van der Waals surface area contributed by atoms with Crippen LogP contribution >= 0.6 is 34.8 Å². The van der Waals surface area contributed by atoms with E-state index < -0.39 is 0 Å². The molecule has 0 saturated carbocycles. The first kappa shape index (κ1) is 14.4. The van der Waals surface area contributed by atoms with E-state index in [1.54, 1.807) is 13.2 Å². The minimum atomic E-state index is 0.210. The zero-order chi connectivity index (χ0) is 13.8. The van der Waals surface area contributed by atoms with Gasteiger partial charge in [-0.1, -0.05) is 46.9 Å². The smallest absolute Gasteiger partial charge is 0.151 e. The van der Waals surface area contributed by atoms with Crippen LogP contribution in [0.25, 0.3) is 0 Å². The molecule has 0 saturated heterocycles. The Morgan fingerprint density at radius 2 is 1.95 bits per heavy atom. The maximum absolute atomic E-state index is 6.06. The lowest BCUT2D eigenvalue weighted by Crippen LogP contribution is -1.96. The van der Waals surface area contributed by atoms with Gasteiger partial charge in [-0.25, -0.2) is 4.98 Å². The van der Waals surface area contributed by atoms with Crippen molar-refractivity contribution in [3.63, 3.8) is 0 Å². The molecule has 0 spiro atoms. The van der Waals surface area contributed by atoms with Crippen molar-refractivity contribution < 1.29 is 4.74 Å². The van der Waals surface area contributed by atoms with Crippen LogP contribution in [0.2, 0.25) is 15.2 Å². The van der Waals surface area contributed by atoms with Crippen molar-refractivity contribution in [1.29, 1.82) is 0 Å². The van der Waals surface area contributed by atoms with Crippen LogP contribution in [0.1, 0.15) is 5.56 Å². The van der Waals surface area contributed by atoms with Gasteiger partial charge in [0.25, 0.3) is 0 Å². The summed E-state index contributed by atoms with van der Waals surface area (Å²) >= 11 is 17.8. The second kappa shape index (κ2) is 6.44. The minimum Gasteiger partial charge on any atom is -0.380 e. The quantitative estimate of drug-likeness (QED) is 0.812. The number of anilines is 2. The molecule has 1 N–H and O–H groups in total. The van der Waals surface area contributed by atoms with Gasteiger partial charge < -0.3 is 10.1 Å². The van der Waals surface area contributed by atoms with E-state index in [0.717, 1.165) is 11.3 Å². The third-order valence-electron chi connectivity index (χ3n) is 2.39. The van der Waals surface area contributed by atoms with Gasteiger partial charge in [-0.15, -0.1) is 0 Å². The molecule has 1 aromatic carbocycles. The molecule has 100 valence electrons. The monoisotopic (exact) mass is 316 g/mol. The highest BCUT2D eigenvalue weighted by molar-refractivity contribution is 6.43. The van der Waals surface area contributed by atoms with Crippen molar-refractivity contribution in [2.24, 2.45) is 0 Å². The molecule has 1 aromatic heterocycles. The minimum absolute atomic E-state index is 0.210. The molecule has 0 aliphatic rings. The van der Waals surface area contributed by atoms with E-state index in [-0.39, 0.29) is 5.15 Å². The molecule has 1 heterocycles. The molecule has 0 radical (unpaired) electrons. The average molecular weight is 318 g/mol. The van der Waals surface area contributed by atoms with E-state index >= 15 is 0 Å². The summed E-state index contributed by atoms with van der Waals surface area (Å²) in [6.07, 6.45) is 0. The van der Waals surface area contributed by atoms with Crippen LogP contribution < -0.4 is 5.32 Å². The molecule has 0 bridgehead atoms. The van der Waals surface area contributed by atoms with E-state index in [0.29, 0.717) is 22.5 Å². The Bertz CT molecular complexity index is 590. The van der Waals surface area contributed by atoms with Gasteiger partial charge in [0, 0.05) is 12.8 Å². The fraction of sp³-hybridized carbons (Fsp3) is 0.154. The topological polar surface area (TPSA) is 34.1 Å². The summed E-state index contributed by atoms with van der Waals surface area (Å²) in [5.74, 6) is 0.464. The molecule has 0 atom stereocenters. The number of aromatic nitrogens is 1. The Labute approximate surface area is 126 Å². The predicted molar refractivity (Wildman–Crippen MR) is 79.7 cm³/mol. The molecule has 2 aromatic rings. The third kappa shape index (κ3) is 3.74. The van der Waals surface area contributed by atoms with Gasteiger partial charge in [0.2, 0.25) is 0 Å². The van der Waals surface area contributed by atoms with Crippen LogP contribution in [0, 0.1) is 0 Å². The first-order valence-electron chi connectivity index (χ1n) is 5.46. The molecule has 2 rings (SSSR count). The van der Waals surface area contributed by atoms with E-state index in [1.807, 2.05) is 24.3 Å². The number of ether oxygens (including phenoxy) is 1. The highest BCUT2D eigenvalue weighted by atomic mass is 35.5. The highest BCUT2D eigenvalue weighted by Gasteiger charge is 2.08. The molecule has 6 heteroatoms. The van der Waals surface area contributed by atoms with Crippen molar-refractivity contribution in [1.82, 2.24) is 4.98 Å². The summed E-state index contributed by atoms with van der Waals surface area (Å²) in [6.45, 7) is 0.540. The zero-order valence-corrected chi connectivity index (χ0v) is 12.4. The van der Waals surface area contributed by atoms with Gasteiger partial charge in [-0.2, -0.15) is 0 Å². The van der Waals surface area contributed by atoms with Crippen LogP contribution in [0.15, 0.2) is 30.3 Å². The number of halogens is 3. The average Bonchev–Trinajstić information content (AvgIpc) is 2.37. The van der Waals surface area contributed by atoms with E-state index in [4.69, 9.17) is 39.5 Å². The van der Waals surface area contributed by atoms with Gasteiger partial charge in [0.15, 0.2) is 5.82 Å². The summed E-state index contributed by atoms with van der Waals surface area (Å²) in [5, 5.41) is 4.04. The predicted octanol–water partition coefficient (Wildman–Crippen LogP) is 4.93. The molecule has 0 amide bonds. The van der Waals surface area contributed by atoms with E-state index in [2.05, 4.69) is 10.3 Å². The Morgan fingerprint density at radius 3 is 2.68 bits per heavy atom. The first-order chi connectivity index (χ1) is 9.10. The molecule has 0 aliphatic carbocycles. The van der Waals surface area contributed by atoms with Gasteiger partial charge in [0.1, 0.15) is 5.15 Å². The molecule has 3 nitrogen and oxygen atoms in total. The summed E-state index contributed by atoms with van der Waals surface area (Å²) in [6, 6.07) is 9.30. The molecular formula is C13H11Cl3N2O. The van der Waals surface area contributed by atoms with Crippen LogP contribution in [0.4, 0.5) is 11.5 Å². The number of nitrogens with one attached hydrogen (secondary N) is 1. The second-order valence-electron chi connectivity index (χ2n) is 3.85. The Kier molecular flexibility index (Phi) is 4.88. The van der Waals surface area contributed by atoms with Crippen molar-refractivity contribution >= 4 is 46.3 Å². The fourth-order valence-corrected chi connectivity index (χ4v) is 2.12. The van der Waals surface area contributed by atoms with Crippen LogP contribution in [-0.4, -0.2) is 12.1 Å². The standard InChI is InChI=1S/C13H11Cl3N2O/c1-19-7-8-3-2-4-9(5-8)17-13-11(15)6-10(14)12(16)18-13/h2-6H,7H2,1H3,(H,17,18). The van der Waals surface area contributed by atoms with Crippen LogP contribution in [-0.2, 0) is 11.3 Å². The number of nitrogens with zero attached hydrogens (tertiary/aromatic N) is 1. The summed E-state index contributed by atoms with van der Waals surface area (Å²) in [5.41, 5.74) is 1.89. The Hall–Kier alpha value is -1.000. The molecule has 0 fully saturated rings. The van der Waals surface area contributed by atoms with Gasteiger partial charge in [0.05, 0.1) is 16.7 Å². The van der Waals surface area contributed by atoms with Crippen LogP contribution in [0.5, 0.6) is 0 Å². The normalized spacial score (nSPS) is 10.5. The molecule has 0 aliphatic heterocycles. The summed E-state index contributed by atoms with van der Waals surface area (Å²) in [4.78, 5) is 4.10. The number of hydrogen-bond acceptors (Lipinski definition) is 3. The van der Waals surface area contributed by atoms with Crippen molar-refractivity contribution in [3.8, 4) is 0 Å². The number of benzene rings is 1. The Balaban J connectivity index is 2.25. The van der Waals surface area contributed by atoms with Gasteiger partial charge in [-0.3, -0.25) is 0 Å². The SMILES string of the molecule is COCc1cccc(Nc2nc(Cl)c(Cl)cc2Cl)c1. The van der Waals surface area contributed by atoms with E-state index in [1.165, 1.54) is 0 Å². The van der Waals surface area contributed by atoms with E-state index in [9.17, 15) is 0 Å². The number of hydrogen-bond donors (Lipinski definition) is 1. The fourth-order valence-electron chi connectivity index (χ4n) is 1.57. The summed E-state index contributed by atoms with van der Waals surface area (Å²) in [7, 11) is 1.65. The van der Waals surface area contributed by atoms with Gasteiger partial charge >= 0.3 is 0 Å². The zero-order valence-electron chi connectivity index (χ0n) is 10.1. The molecular weight excluding hydrogens is 307 g/mol. The second-order valence-corrected chi connectivity index (χ2v) is 5.02. The maximum atomic E-state index is 6.06. The molecule has 19 heavy (non-hydrogen) atoms. The maximum Gasteiger partial charge on any atom is 0.151 e.